The number of carbonyl (C=O) groups excluding carboxylic acids is 1. The Hall–Kier alpha value is -2.16. The summed E-state index contributed by atoms with van der Waals surface area (Å²) in [5.74, 6) is -2.53. The van der Waals surface area contributed by atoms with E-state index in [2.05, 4.69) is 10.3 Å². The average Bonchev–Trinajstić information content (AvgIpc) is 2.30. The van der Waals surface area contributed by atoms with Crippen LogP contribution in [-0.2, 0) is 4.79 Å². The number of halogens is 2. The van der Waals surface area contributed by atoms with Gasteiger partial charge in [-0.2, -0.15) is 4.99 Å². The molecule has 1 amide bonds. The fourth-order valence-corrected chi connectivity index (χ4v) is 1.57. The molecule has 0 spiro atoms. The minimum absolute atomic E-state index is 0.203. The minimum atomic E-state index is -0.751. The third kappa shape index (κ3) is 5.34. The zero-order valence-corrected chi connectivity index (χ0v) is 10.4. The van der Waals surface area contributed by atoms with Crippen molar-refractivity contribution in [2.45, 2.75) is 0 Å². The van der Waals surface area contributed by atoms with E-state index < -0.39 is 17.5 Å². The molecule has 0 aliphatic carbocycles. The number of benzene rings is 1. The Morgan fingerprint density at radius 2 is 2.11 bits per heavy atom. The highest BCUT2D eigenvalue weighted by Gasteiger charge is 2.09. The predicted octanol–water partition coefficient (Wildman–Crippen LogP) is 0.845. The lowest BCUT2D eigenvalue weighted by atomic mass is 10.3. The van der Waals surface area contributed by atoms with E-state index in [1.54, 1.807) is 0 Å². The minimum Gasteiger partial charge on any atom is -0.370 e. The average molecular weight is 287 g/mol. The van der Waals surface area contributed by atoms with E-state index in [0.717, 1.165) is 30.0 Å². The molecule has 6 N–H and O–H groups in total. The maximum atomic E-state index is 13.2. The standard InChI is InChI=1S/C10H11F2N5OS/c11-5-1-2-6(12)7(3-5)16-8(18)4-19-10(15)17-9(13)14/h1-3H,4H2,(H,16,18)(H5,13,14,15,17). The van der Waals surface area contributed by atoms with Gasteiger partial charge in [-0.25, -0.2) is 8.78 Å². The summed E-state index contributed by atoms with van der Waals surface area (Å²) < 4.78 is 26.1. The number of guanidine groups is 1. The van der Waals surface area contributed by atoms with E-state index >= 15 is 0 Å². The highest BCUT2D eigenvalue weighted by atomic mass is 32.2. The molecule has 1 aromatic carbocycles. The fourth-order valence-electron chi connectivity index (χ4n) is 1.06. The van der Waals surface area contributed by atoms with E-state index in [1.165, 1.54) is 0 Å². The van der Waals surface area contributed by atoms with E-state index in [1.807, 2.05) is 0 Å². The molecule has 0 aliphatic rings. The molecule has 0 fully saturated rings. The lowest BCUT2D eigenvalue weighted by molar-refractivity contribution is -0.113. The topological polar surface area (TPSA) is 117 Å². The predicted molar refractivity (Wildman–Crippen MR) is 71.0 cm³/mol. The first-order valence-electron chi connectivity index (χ1n) is 4.94. The van der Waals surface area contributed by atoms with Crippen LogP contribution < -0.4 is 16.8 Å². The van der Waals surface area contributed by atoms with Crippen LogP contribution in [0.1, 0.15) is 0 Å². The Morgan fingerprint density at radius 1 is 1.42 bits per heavy atom. The van der Waals surface area contributed by atoms with Crippen LogP contribution in [0.15, 0.2) is 23.2 Å². The molecule has 6 nitrogen and oxygen atoms in total. The van der Waals surface area contributed by atoms with Gasteiger partial charge in [0.25, 0.3) is 0 Å². The van der Waals surface area contributed by atoms with Gasteiger partial charge in [0.05, 0.1) is 11.4 Å². The Morgan fingerprint density at radius 3 is 2.74 bits per heavy atom. The lowest BCUT2D eigenvalue weighted by Crippen LogP contribution is -2.24. The number of nitrogens with one attached hydrogen (secondary N) is 2. The monoisotopic (exact) mass is 287 g/mol. The van der Waals surface area contributed by atoms with Gasteiger partial charge in [0.2, 0.25) is 5.91 Å². The smallest absolute Gasteiger partial charge is 0.234 e. The van der Waals surface area contributed by atoms with Crippen LogP contribution in [0.5, 0.6) is 0 Å². The van der Waals surface area contributed by atoms with Gasteiger partial charge in [0.1, 0.15) is 11.6 Å². The summed E-state index contributed by atoms with van der Waals surface area (Å²) in [7, 11) is 0. The molecule has 0 saturated heterocycles. The molecule has 0 unspecified atom stereocenters. The zero-order chi connectivity index (χ0) is 14.4. The van der Waals surface area contributed by atoms with Crippen molar-refractivity contribution in [2.24, 2.45) is 16.5 Å². The third-order valence-electron chi connectivity index (χ3n) is 1.77. The van der Waals surface area contributed by atoms with Crippen molar-refractivity contribution in [2.75, 3.05) is 11.1 Å². The molecule has 0 atom stereocenters. The molecule has 1 aromatic rings. The third-order valence-corrected chi connectivity index (χ3v) is 2.54. The van der Waals surface area contributed by atoms with Crippen LogP contribution in [0.2, 0.25) is 0 Å². The highest BCUT2D eigenvalue weighted by molar-refractivity contribution is 8.14. The van der Waals surface area contributed by atoms with E-state index in [9.17, 15) is 13.6 Å². The normalized spacial score (nSPS) is 9.79. The lowest BCUT2D eigenvalue weighted by Gasteiger charge is -2.05. The van der Waals surface area contributed by atoms with E-state index in [0.29, 0.717) is 0 Å². The number of amides is 1. The Balaban J connectivity index is 2.54. The molecular formula is C10H11F2N5OS. The number of anilines is 1. The molecule has 0 heterocycles. The molecule has 0 radical (unpaired) electrons. The number of aliphatic imine (C=N–C) groups is 1. The maximum Gasteiger partial charge on any atom is 0.234 e. The van der Waals surface area contributed by atoms with Crippen molar-refractivity contribution in [1.82, 2.24) is 0 Å². The van der Waals surface area contributed by atoms with Crippen LogP contribution in [0.25, 0.3) is 0 Å². The molecule has 19 heavy (non-hydrogen) atoms. The molecule has 1 rings (SSSR count). The molecule has 9 heteroatoms. The van der Waals surface area contributed by atoms with Gasteiger partial charge in [-0.15, -0.1) is 0 Å². The molecule has 0 saturated carbocycles. The maximum absolute atomic E-state index is 13.2. The fraction of sp³-hybridized carbons (Fsp3) is 0.100. The summed E-state index contributed by atoms with van der Waals surface area (Å²) in [4.78, 5) is 14.8. The number of rotatable bonds is 3. The van der Waals surface area contributed by atoms with E-state index in [4.69, 9.17) is 16.9 Å². The summed E-state index contributed by atoms with van der Waals surface area (Å²) in [6.07, 6.45) is 0. The summed E-state index contributed by atoms with van der Waals surface area (Å²) in [6, 6.07) is 2.70. The van der Waals surface area contributed by atoms with Gasteiger partial charge >= 0.3 is 0 Å². The summed E-state index contributed by atoms with van der Waals surface area (Å²) in [5.41, 5.74) is 9.82. The highest BCUT2D eigenvalue weighted by Crippen LogP contribution is 2.15. The Kier molecular flexibility index (Phi) is 5.24. The zero-order valence-electron chi connectivity index (χ0n) is 9.61. The van der Waals surface area contributed by atoms with Gasteiger partial charge in [-0.05, 0) is 12.1 Å². The second-order valence-corrected chi connectivity index (χ2v) is 4.27. The van der Waals surface area contributed by atoms with E-state index in [-0.39, 0.29) is 22.6 Å². The Bertz CT molecular complexity index is 531. The van der Waals surface area contributed by atoms with Crippen molar-refractivity contribution in [3.05, 3.63) is 29.8 Å². The number of nitrogens with two attached hydrogens (primary N) is 2. The van der Waals surface area contributed by atoms with Crippen molar-refractivity contribution in [1.29, 1.82) is 5.41 Å². The number of hydrogen-bond acceptors (Lipinski definition) is 3. The van der Waals surface area contributed by atoms with Gasteiger partial charge < -0.3 is 16.8 Å². The first-order chi connectivity index (χ1) is 8.88. The number of hydrogen-bond donors (Lipinski definition) is 4. The number of nitrogens with zero attached hydrogens (tertiary/aromatic N) is 1. The second kappa shape index (κ2) is 6.69. The molecule has 0 aromatic heterocycles. The number of carbonyl (C=O) groups is 1. The van der Waals surface area contributed by atoms with Gasteiger partial charge in [-0.3, -0.25) is 10.2 Å². The molecular weight excluding hydrogens is 276 g/mol. The van der Waals surface area contributed by atoms with Crippen LogP contribution >= 0.6 is 11.8 Å². The van der Waals surface area contributed by atoms with Gasteiger partial charge in [0, 0.05) is 6.07 Å². The first kappa shape index (κ1) is 14.9. The molecule has 102 valence electrons. The van der Waals surface area contributed by atoms with Crippen LogP contribution in [0.4, 0.5) is 14.5 Å². The number of thioether (sulfide) groups is 1. The SMILES string of the molecule is N=C(N=C(N)N)SCC(=O)Nc1cc(F)ccc1F. The summed E-state index contributed by atoms with van der Waals surface area (Å²) in [6.45, 7) is 0. The second-order valence-electron chi connectivity index (χ2n) is 3.30. The molecule has 0 bridgehead atoms. The van der Waals surface area contributed by atoms with Gasteiger partial charge in [0.15, 0.2) is 11.1 Å². The van der Waals surface area contributed by atoms with Crippen molar-refractivity contribution >= 4 is 34.5 Å². The molecule has 0 aliphatic heterocycles. The Labute approximate surface area is 111 Å². The quantitative estimate of drug-likeness (QED) is 0.487. The van der Waals surface area contributed by atoms with Crippen LogP contribution in [0, 0.1) is 17.0 Å². The first-order valence-corrected chi connectivity index (χ1v) is 5.93. The number of amidine groups is 1. The van der Waals surface area contributed by atoms with Crippen molar-refractivity contribution < 1.29 is 13.6 Å². The summed E-state index contributed by atoms with van der Waals surface area (Å²) in [5, 5.41) is 9.19. The van der Waals surface area contributed by atoms with Crippen LogP contribution in [-0.4, -0.2) is 22.8 Å². The van der Waals surface area contributed by atoms with Gasteiger partial charge in [-0.1, -0.05) is 11.8 Å². The van der Waals surface area contributed by atoms with Crippen LogP contribution in [0.3, 0.4) is 0 Å². The van der Waals surface area contributed by atoms with Crippen molar-refractivity contribution in [3.8, 4) is 0 Å². The largest absolute Gasteiger partial charge is 0.370 e. The van der Waals surface area contributed by atoms with Crippen molar-refractivity contribution in [3.63, 3.8) is 0 Å². The summed E-state index contributed by atoms with van der Waals surface area (Å²) >= 11 is 0.750.